The van der Waals surface area contributed by atoms with Gasteiger partial charge in [-0.1, -0.05) is 13.0 Å². The van der Waals surface area contributed by atoms with Crippen molar-refractivity contribution >= 4 is 29.7 Å². The molecule has 0 spiro atoms. The summed E-state index contributed by atoms with van der Waals surface area (Å²) in [5, 5.41) is 4.97. The fourth-order valence-corrected chi connectivity index (χ4v) is 2.09. The number of carbonyl (C=O) groups excluding carboxylic acids is 1. The Balaban J connectivity index is 0.00000256. The van der Waals surface area contributed by atoms with E-state index in [0.717, 1.165) is 12.8 Å². The summed E-state index contributed by atoms with van der Waals surface area (Å²) in [5.74, 6) is 0.498. The normalized spacial score (nSPS) is 11.6. The molecule has 1 amide bonds. The van der Waals surface area contributed by atoms with Crippen LogP contribution in [-0.4, -0.2) is 19.0 Å². The van der Waals surface area contributed by atoms with Crippen LogP contribution in [0.1, 0.15) is 24.6 Å². The molecular weight excluding hydrogens is 256 g/mol. The van der Waals surface area contributed by atoms with E-state index in [1.165, 1.54) is 4.88 Å². The summed E-state index contributed by atoms with van der Waals surface area (Å²) in [6.45, 7) is 3.34. The Morgan fingerprint density at radius 2 is 2.35 bits per heavy atom. The molecule has 3 nitrogen and oxygen atoms in total. The van der Waals surface area contributed by atoms with Gasteiger partial charge in [-0.25, -0.2) is 0 Å². The molecule has 0 aliphatic rings. The number of amides is 1. The summed E-state index contributed by atoms with van der Waals surface area (Å²) in [5.41, 5.74) is 5.47. The van der Waals surface area contributed by atoms with Crippen LogP contribution in [0.2, 0.25) is 0 Å². The molecule has 5 heteroatoms. The number of nitrogens with two attached hydrogens (primary N) is 1. The molecule has 0 radical (unpaired) electrons. The van der Waals surface area contributed by atoms with Gasteiger partial charge in [0.25, 0.3) is 0 Å². The average molecular weight is 277 g/mol. The highest BCUT2D eigenvalue weighted by atomic mass is 35.5. The van der Waals surface area contributed by atoms with Gasteiger partial charge in [-0.2, -0.15) is 0 Å². The third-order valence-corrected chi connectivity index (χ3v) is 3.39. The number of carbonyl (C=O) groups is 1. The summed E-state index contributed by atoms with van der Waals surface area (Å²) in [7, 11) is 0. The zero-order valence-corrected chi connectivity index (χ0v) is 11.8. The van der Waals surface area contributed by atoms with Crippen molar-refractivity contribution in [1.29, 1.82) is 0 Å². The molecule has 0 saturated heterocycles. The summed E-state index contributed by atoms with van der Waals surface area (Å²) in [4.78, 5) is 12.8. The minimum atomic E-state index is 0. The molecule has 1 aromatic rings. The molecule has 1 unspecified atom stereocenters. The van der Waals surface area contributed by atoms with E-state index in [-0.39, 0.29) is 18.3 Å². The first kappa shape index (κ1) is 16.4. The maximum atomic E-state index is 11.4. The van der Waals surface area contributed by atoms with E-state index in [1.54, 1.807) is 11.3 Å². The van der Waals surface area contributed by atoms with E-state index in [4.69, 9.17) is 5.73 Å². The highest BCUT2D eigenvalue weighted by Gasteiger charge is 2.04. The molecule has 0 bridgehead atoms. The van der Waals surface area contributed by atoms with Gasteiger partial charge in [0.15, 0.2) is 0 Å². The number of nitrogens with one attached hydrogen (secondary N) is 1. The van der Waals surface area contributed by atoms with Crippen LogP contribution in [0, 0.1) is 5.92 Å². The van der Waals surface area contributed by atoms with Crippen molar-refractivity contribution in [1.82, 2.24) is 5.32 Å². The zero-order valence-electron chi connectivity index (χ0n) is 10.1. The molecule has 0 fully saturated rings. The van der Waals surface area contributed by atoms with Crippen molar-refractivity contribution in [3.63, 3.8) is 0 Å². The van der Waals surface area contributed by atoms with Crippen molar-refractivity contribution in [3.05, 3.63) is 22.4 Å². The Bertz CT molecular complexity index is 303. The first-order valence-corrected chi connectivity index (χ1v) is 6.59. The first-order chi connectivity index (χ1) is 7.72. The summed E-state index contributed by atoms with van der Waals surface area (Å²) in [6, 6.07) is 4.15. The number of hydrogen-bond acceptors (Lipinski definition) is 3. The van der Waals surface area contributed by atoms with Crippen molar-refractivity contribution in [2.75, 3.05) is 13.1 Å². The predicted octanol–water partition coefficient (Wildman–Crippen LogP) is 2.20. The SMILES string of the molecule is CC(CN)CNC(=O)CCCc1cccs1.Cl. The highest BCUT2D eigenvalue weighted by Crippen LogP contribution is 2.11. The van der Waals surface area contributed by atoms with Crippen LogP contribution in [0.4, 0.5) is 0 Å². The van der Waals surface area contributed by atoms with Crippen LogP contribution >= 0.6 is 23.7 Å². The minimum absolute atomic E-state index is 0. The van der Waals surface area contributed by atoms with Crippen LogP contribution in [-0.2, 0) is 11.2 Å². The van der Waals surface area contributed by atoms with Crippen molar-refractivity contribution in [2.24, 2.45) is 11.7 Å². The fourth-order valence-electron chi connectivity index (χ4n) is 1.34. The van der Waals surface area contributed by atoms with Gasteiger partial charge in [0.05, 0.1) is 0 Å². The lowest BCUT2D eigenvalue weighted by molar-refractivity contribution is -0.121. The van der Waals surface area contributed by atoms with Gasteiger partial charge in [0.1, 0.15) is 0 Å². The molecule has 17 heavy (non-hydrogen) atoms. The quantitative estimate of drug-likeness (QED) is 0.802. The summed E-state index contributed by atoms with van der Waals surface area (Å²) < 4.78 is 0. The average Bonchev–Trinajstić information content (AvgIpc) is 2.79. The molecular formula is C12H21ClN2OS. The van der Waals surface area contributed by atoms with E-state index in [0.29, 0.717) is 25.4 Å². The molecule has 0 aromatic carbocycles. The second-order valence-electron chi connectivity index (χ2n) is 4.08. The van der Waals surface area contributed by atoms with Gasteiger partial charge >= 0.3 is 0 Å². The number of hydrogen-bond donors (Lipinski definition) is 2. The van der Waals surface area contributed by atoms with E-state index in [2.05, 4.69) is 16.8 Å². The molecule has 1 atom stereocenters. The maximum Gasteiger partial charge on any atom is 0.220 e. The zero-order chi connectivity index (χ0) is 11.8. The smallest absolute Gasteiger partial charge is 0.220 e. The molecule has 0 aliphatic carbocycles. The molecule has 1 heterocycles. The van der Waals surface area contributed by atoms with E-state index in [1.807, 2.05) is 13.0 Å². The molecule has 3 N–H and O–H groups in total. The van der Waals surface area contributed by atoms with E-state index >= 15 is 0 Å². The second kappa shape index (κ2) is 9.45. The molecule has 0 saturated carbocycles. The number of thiophene rings is 1. The molecule has 1 rings (SSSR count). The van der Waals surface area contributed by atoms with Gasteiger partial charge in [-0.3, -0.25) is 4.79 Å². The van der Waals surface area contributed by atoms with Crippen LogP contribution in [0.15, 0.2) is 17.5 Å². The van der Waals surface area contributed by atoms with Crippen LogP contribution in [0.3, 0.4) is 0 Å². The van der Waals surface area contributed by atoms with Gasteiger partial charge in [0.2, 0.25) is 5.91 Å². The van der Waals surface area contributed by atoms with E-state index in [9.17, 15) is 4.79 Å². The Labute approximate surface area is 113 Å². The monoisotopic (exact) mass is 276 g/mol. The third-order valence-electron chi connectivity index (χ3n) is 2.46. The molecule has 98 valence electrons. The third kappa shape index (κ3) is 7.36. The number of halogens is 1. The number of aryl methyl sites for hydroxylation is 1. The van der Waals surface area contributed by atoms with E-state index < -0.39 is 0 Å². The van der Waals surface area contributed by atoms with Crippen LogP contribution < -0.4 is 11.1 Å². The standard InChI is InChI=1S/C12H20N2OS.ClH/c1-10(8-13)9-14-12(15)6-2-4-11-5-3-7-16-11;/h3,5,7,10H,2,4,6,8-9,13H2,1H3,(H,14,15);1H. The van der Waals surface area contributed by atoms with Crippen molar-refractivity contribution in [2.45, 2.75) is 26.2 Å². The fraction of sp³-hybridized carbons (Fsp3) is 0.583. The second-order valence-corrected chi connectivity index (χ2v) is 5.11. The lowest BCUT2D eigenvalue weighted by Crippen LogP contribution is -2.31. The Morgan fingerprint density at radius 1 is 1.59 bits per heavy atom. The first-order valence-electron chi connectivity index (χ1n) is 5.71. The number of rotatable bonds is 7. The van der Waals surface area contributed by atoms with Gasteiger partial charge in [-0.05, 0) is 36.8 Å². The summed E-state index contributed by atoms with van der Waals surface area (Å²) in [6.07, 6.45) is 2.52. The largest absolute Gasteiger partial charge is 0.356 e. The lowest BCUT2D eigenvalue weighted by Gasteiger charge is -2.09. The molecule has 0 aliphatic heterocycles. The topological polar surface area (TPSA) is 55.1 Å². The lowest BCUT2D eigenvalue weighted by atomic mass is 10.1. The molecule has 1 aromatic heterocycles. The Kier molecular flexibility index (Phi) is 9.13. The Hall–Kier alpha value is -0.580. The van der Waals surface area contributed by atoms with Gasteiger partial charge < -0.3 is 11.1 Å². The highest BCUT2D eigenvalue weighted by molar-refractivity contribution is 7.09. The van der Waals surface area contributed by atoms with Gasteiger partial charge in [0, 0.05) is 17.8 Å². The van der Waals surface area contributed by atoms with Crippen molar-refractivity contribution in [3.8, 4) is 0 Å². The van der Waals surface area contributed by atoms with Crippen LogP contribution in [0.25, 0.3) is 0 Å². The maximum absolute atomic E-state index is 11.4. The van der Waals surface area contributed by atoms with Crippen molar-refractivity contribution < 1.29 is 4.79 Å². The summed E-state index contributed by atoms with van der Waals surface area (Å²) >= 11 is 1.75. The van der Waals surface area contributed by atoms with Crippen LogP contribution in [0.5, 0.6) is 0 Å². The van der Waals surface area contributed by atoms with Gasteiger partial charge in [-0.15, -0.1) is 23.7 Å². The minimum Gasteiger partial charge on any atom is -0.356 e. The predicted molar refractivity (Wildman–Crippen MR) is 75.7 cm³/mol. The Morgan fingerprint density at radius 3 is 2.94 bits per heavy atom.